The Morgan fingerprint density at radius 2 is 1.97 bits per heavy atom. The van der Waals surface area contributed by atoms with Crippen molar-refractivity contribution < 1.29 is 23.1 Å². The molecule has 32 heavy (non-hydrogen) atoms. The number of ether oxygens (including phenoxy) is 1. The van der Waals surface area contributed by atoms with Gasteiger partial charge in [-0.05, 0) is 31.5 Å². The van der Waals surface area contributed by atoms with E-state index in [9.17, 15) is 18.4 Å². The van der Waals surface area contributed by atoms with Gasteiger partial charge in [0.2, 0.25) is 5.88 Å². The lowest BCUT2D eigenvalue weighted by atomic mass is 10.1. The summed E-state index contributed by atoms with van der Waals surface area (Å²) in [6.07, 6.45) is 1.38. The van der Waals surface area contributed by atoms with E-state index in [4.69, 9.17) is 16.3 Å². The molecule has 0 fully saturated rings. The Labute approximate surface area is 191 Å². The lowest BCUT2D eigenvalue weighted by Crippen LogP contribution is -2.30. The van der Waals surface area contributed by atoms with Gasteiger partial charge in [0.05, 0.1) is 17.6 Å². The van der Waals surface area contributed by atoms with Crippen molar-refractivity contribution in [3.05, 3.63) is 46.2 Å². The maximum absolute atomic E-state index is 12.9. The topological polar surface area (TPSA) is 84.4 Å². The summed E-state index contributed by atoms with van der Waals surface area (Å²) >= 11 is 6.12. The normalized spacial score (nSPS) is 15.9. The number of anilines is 1. The third-order valence-corrected chi connectivity index (χ3v) is 5.14. The van der Waals surface area contributed by atoms with Crippen molar-refractivity contribution in [1.82, 2.24) is 14.9 Å². The fourth-order valence-electron chi connectivity index (χ4n) is 3.32. The molecule has 7 nitrogen and oxygen atoms in total. The van der Waals surface area contributed by atoms with E-state index in [-0.39, 0.29) is 34.8 Å². The second-order valence-corrected chi connectivity index (χ2v) is 7.98. The van der Waals surface area contributed by atoms with Crippen LogP contribution in [-0.2, 0) is 4.79 Å². The minimum atomic E-state index is -2.61. The van der Waals surface area contributed by atoms with Gasteiger partial charge < -0.3 is 19.7 Å². The molecule has 3 heterocycles. The second-order valence-electron chi connectivity index (χ2n) is 7.57. The summed E-state index contributed by atoms with van der Waals surface area (Å²) in [7, 11) is 1.76. The highest BCUT2D eigenvalue weighted by atomic mass is 35.5. The van der Waals surface area contributed by atoms with Gasteiger partial charge in [-0.3, -0.25) is 4.79 Å². The average molecular weight is 469 g/mol. The van der Waals surface area contributed by atoms with Crippen LogP contribution in [0.25, 0.3) is 0 Å². The lowest BCUT2D eigenvalue weighted by molar-refractivity contribution is -0.110. The van der Waals surface area contributed by atoms with Crippen LogP contribution in [-0.4, -0.2) is 47.1 Å². The number of fused-ring (bicyclic) bond motifs is 1. The smallest absolute Gasteiger partial charge is 0.272 e. The number of aldehydes is 1. The van der Waals surface area contributed by atoms with Gasteiger partial charge in [0, 0.05) is 30.9 Å². The first-order chi connectivity index (χ1) is 15.1. The third kappa shape index (κ3) is 5.70. The SMILES string of the molecule is CC(C)C=O.CNc1nccc2c1C(C)N(C(C)c1cnc(OCC(F)F)c(Cl)c1)C2=O. The zero-order valence-corrected chi connectivity index (χ0v) is 19.4. The molecule has 174 valence electrons. The van der Waals surface area contributed by atoms with E-state index in [1.165, 1.54) is 6.20 Å². The number of rotatable bonds is 7. The Morgan fingerprint density at radius 3 is 2.50 bits per heavy atom. The number of hydrogen-bond donors (Lipinski definition) is 1. The van der Waals surface area contributed by atoms with E-state index in [1.807, 2.05) is 27.7 Å². The van der Waals surface area contributed by atoms with Crippen LogP contribution < -0.4 is 10.1 Å². The molecule has 0 aliphatic carbocycles. The highest BCUT2D eigenvalue weighted by molar-refractivity contribution is 6.31. The number of nitrogens with zero attached hydrogens (tertiary/aromatic N) is 3. The molecule has 0 spiro atoms. The van der Waals surface area contributed by atoms with Crippen LogP contribution >= 0.6 is 11.6 Å². The van der Waals surface area contributed by atoms with E-state index < -0.39 is 13.0 Å². The molecule has 1 amide bonds. The van der Waals surface area contributed by atoms with Gasteiger partial charge in [-0.15, -0.1) is 0 Å². The summed E-state index contributed by atoms with van der Waals surface area (Å²) in [5, 5.41) is 3.14. The highest BCUT2D eigenvalue weighted by Gasteiger charge is 2.39. The Bertz CT molecular complexity index is 959. The molecule has 3 rings (SSSR count). The minimum Gasteiger partial charge on any atom is -0.471 e. The van der Waals surface area contributed by atoms with Crippen LogP contribution in [0.15, 0.2) is 24.5 Å². The fraction of sp³-hybridized carbons (Fsp3) is 0.455. The molecule has 2 aromatic heterocycles. The Kier molecular flexibility index (Phi) is 8.89. The number of pyridine rings is 2. The molecule has 0 saturated carbocycles. The van der Waals surface area contributed by atoms with Crippen LogP contribution in [0.5, 0.6) is 5.88 Å². The molecule has 1 N–H and O–H groups in total. The van der Waals surface area contributed by atoms with E-state index in [0.29, 0.717) is 16.9 Å². The maximum atomic E-state index is 12.9. The molecule has 0 radical (unpaired) electrons. The van der Waals surface area contributed by atoms with Crippen LogP contribution in [0.1, 0.15) is 61.3 Å². The molecule has 0 saturated heterocycles. The number of carbonyl (C=O) groups excluding carboxylic acids is 2. The largest absolute Gasteiger partial charge is 0.471 e. The van der Waals surface area contributed by atoms with Gasteiger partial charge in [0.15, 0.2) is 6.61 Å². The van der Waals surface area contributed by atoms with Gasteiger partial charge in [-0.1, -0.05) is 25.4 Å². The molecular formula is C22H27ClF2N4O3. The Morgan fingerprint density at radius 1 is 1.31 bits per heavy atom. The molecular weight excluding hydrogens is 442 g/mol. The quantitative estimate of drug-likeness (QED) is 0.580. The molecule has 2 atom stereocenters. The summed E-state index contributed by atoms with van der Waals surface area (Å²) in [6, 6.07) is 2.75. The van der Waals surface area contributed by atoms with Crippen LogP contribution in [0.3, 0.4) is 0 Å². The molecule has 1 aliphatic heterocycles. The molecule has 10 heteroatoms. The molecule has 1 aliphatic rings. The van der Waals surface area contributed by atoms with Crippen molar-refractivity contribution in [3.63, 3.8) is 0 Å². The fourth-order valence-corrected chi connectivity index (χ4v) is 3.55. The van der Waals surface area contributed by atoms with Gasteiger partial charge in [-0.2, -0.15) is 0 Å². The Balaban J connectivity index is 0.000000654. The number of carbonyl (C=O) groups is 2. The Hall–Kier alpha value is -2.81. The third-order valence-electron chi connectivity index (χ3n) is 4.87. The first kappa shape index (κ1) is 25.5. The number of halogens is 3. The van der Waals surface area contributed by atoms with Crippen molar-refractivity contribution in [1.29, 1.82) is 0 Å². The van der Waals surface area contributed by atoms with E-state index >= 15 is 0 Å². The van der Waals surface area contributed by atoms with Crippen molar-refractivity contribution in [2.45, 2.75) is 46.2 Å². The highest BCUT2D eigenvalue weighted by Crippen LogP contribution is 2.42. The van der Waals surface area contributed by atoms with Gasteiger partial charge in [0.1, 0.15) is 17.1 Å². The number of amides is 1. The van der Waals surface area contributed by atoms with Gasteiger partial charge in [-0.25, -0.2) is 18.7 Å². The second kappa shape index (κ2) is 11.2. The summed E-state index contributed by atoms with van der Waals surface area (Å²) in [4.78, 5) is 32.5. The van der Waals surface area contributed by atoms with Gasteiger partial charge in [0.25, 0.3) is 12.3 Å². The zero-order valence-electron chi connectivity index (χ0n) is 18.6. The summed E-state index contributed by atoms with van der Waals surface area (Å²) < 4.78 is 29.5. The molecule has 0 bridgehead atoms. The van der Waals surface area contributed by atoms with Crippen molar-refractivity contribution in [2.24, 2.45) is 5.92 Å². The number of nitrogens with one attached hydrogen (secondary N) is 1. The number of aromatic nitrogens is 2. The first-order valence-electron chi connectivity index (χ1n) is 10.1. The lowest BCUT2D eigenvalue weighted by Gasteiger charge is -2.29. The monoisotopic (exact) mass is 468 g/mol. The van der Waals surface area contributed by atoms with E-state index in [1.54, 1.807) is 30.3 Å². The van der Waals surface area contributed by atoms with Crippen LogP contribution in [0.4, 0.5) is 14.6 Å². The predicted octanol–water partition coefficient (Wildman–Crippen LogP) is 4.93. The summed E-state index contributed by atoms with van der Waals surface area (Å²) in [5.74, 6) is 0.696. The number of alkyl halides is 2. The average Bonchev–Trinajstić information content (AvgIpc) is 3.02. The zero-order chi connectivity index (χ0) is 24.0. The van der Waals surface area contributed by atoms with E-state index in [0.717, 1.165) is 11.8 Å². The standard InChI is InChI=1S/C18H19ClF2N4O2.C4H8O/c1-9(11-6-13(19)17(24-7-11)27-8-14(20)21)25-10(2)15-12(18(25)26)4-5-23-16(15)22-3;1-4(2)3-5/h4-7,9-10,14H,8H2,1-3H3,(H,22,23);3-4H,1-2H3. The van der Waals surface area contributed by atoms with Crippen LogP contribution in [0.2, 0.25) is 5.02 Å². The summed E-state index contributed by atoms with van der Waals surface area (Å²) in [6.45, 7) is 6.72. The summed E-state index contributed by atoms with van der Waals surface area (Å²) in [5.41, 5.74) is 2.12. The molecule has 2 aromatic rings. The first-order valence-corrected chi connectivity index (χ1v) is 10.5. The van der Waals surface area contributed by atoms with Crippen LogP contribution in [0, 0.1) is 5.92 Å². The van der Waals surface area contributed by atoms with E-state index in [2.05, 4.69) is 15.3 Å². The molecule has 0 aromatic carbocycles. The van der Waals surface area contributed by atoms with Crippen molar-refractivity contribution >= 4 is 29.6 Å². The van der Waals surface area contributed by atoms with Crippen molar-refractivity contribution in [2.75, 3.05) is 19.0 Å². The van der Waals surface area contributed by atoms with Gasteiger partial charge >= 0.3 is 0 Å². The van der Waals surface area contributed by atoms with Crippen molar-refractivity contribution in [3.8, 4) is 5.88 Å². The molecule has 2 unspecified atom stereocenters. The minimum absolute atomic E-state index is 0.0568. The predicted molar refractivity (Wildman–Crippen MR) is 118 cm³/mol. The number of hydrogen-bond acceptors (Lipinski definition) is 6. The maximum Gasteiger partial charge on any atom is 0.272 e.